The van der Waals surface area contributed by atoms with Gasteiger partial charge in [-0.15, -0.1) is 0 Å². The van der Waals surface area contributed by atoms with E-state index in [4.69, 9.17) is 14.6 Å². The minimum Gasteiger partial charge on any atom is -0.491 e. The van der Waals surface area contributed by atoms with E-state index in [0.717, 1.165) is 11.3 Å². The fraction of sp³-hybridized carbons (Fsp3) is 0.500. The third kappa shape index (κ3) is 2.71. The Kier molecular flexibility index (Phi) is 3.41. The van der Waals surface area contributed by atoms with Gasteiger partial charge in [-0.25, -0.2) is 4.39 Å². The van der Waals surface area contributed by atoms with Crippen LogP contribution in [0.25, 0.3) is 0 Å². The quantitative estimate of drug-likeness (QED) is 0.854. The summed E-state index contributed by atoms with van der Waals surface area (Å²) in [6, 6.07) is 7.59. The highest BCUT2D eigenvalue weighted by Crippen LogP contribution is 2.22. The molecule has 1 N–H and O–H groups in total. The number of ether oxygens (including phenoxy) is 2. The van der Waals surface area contributed by atoms with Crippen LogP contribution in [0.4, 0.5) is 4.39 Å². The first-order valence-electron chi connectivity index (χ1n) is 5.32. The highest BCUT2D eigenvalue weighted by Gasteiger charge is 2.34. The summed E-state index contributed by atoms with van der Waals surface area (Å²) in [7, 11) is 0. The predicted octanol–water partition coefficient (Wildman–Crippen LogP) is 1.82. The van der Waals surface area contributed by atoms with Gasteiger partial charge in [-0.1, -0.05) is 17.7 Å². The molecule has 3 atom stereocenters. The molecule has 0 bridgehead atoms. The summed E-state index contributed by atoms with van der Waals surface area (Å²) < 4.78 is 23.3. The lowest BCUT2D eigenvalue weighted by Crippen LogP contribution is -2.18. The van der Waals surface area contributed by atoms with Crippen LogP contribution in [0.5, 0.6) is 5.75 Å². The van der Waals surface area contributed by atoms with Crippen LogP contribution >= 0.6 is 0 Å². The van der Waals surface area contributed by atoms with Crippen LogP contribution in [0.3, 0.4) is 0 Å². The summed E-state index contributed by atoms with van der Waals surface area (Å²) in [6.45, 7) is 2.26. The van der Waals surface area contributed by atoms with Gasteiger partial charge in [-0.05, 0) is 19.1 Å². The second kappa shape index (κ2) is 4.80. The molecule has 0 aromatic heterocycles. The standard InChI is InChI=1S/C12H15FO3/c1-8-2-4-9(5-3-8)15-7-10-6-11(13)12(14)16-10/h2-5,10-12,14H,6-7H2,1H3/t10-,11-,12-/m0/s1. The minimum atomic E-state index is -1.30. The maximum atomic E-state index is 12.9. The van der Waals surface area contributed by atoms with Crippen LogP contribution in [0.2, 0.25) is 0 Å². The van der Waals surface area contributed by atoms with E-state index in [2.05, 4.69) is 0 Å². The van der Waals surface area contributed by atoms with Crippen molar-refractivity contribution in [2.45, 2.75) is 31.9 Å². The molecule has 1 fully saturated rings. The topological polar surface area (TPSA) is 38.7 Å². The zero-order valence-electron chi connectivity index (χ0n) is 9.10. The van der Waals surface area contributed by atoms with E-state index >= 15 is 0 Å². The zero-order chi connectivity index (χ0) is 11.5. The predicted molar refractivity (Wildman–Crippen MR) is 57.1 cm³/mol. The number of rotatable bonds is 3. The molecule has 1 heterocycles. The molecule has 0 aliphatic carbocycles. The van der Waals surface area contributed by atoms with Gasteiger partial charge in [0.05, 0.1) is 6.10 Å². The van der Waals surface area contributed by atoms with Gasteiger partial charge in [0.1, 0.15) is 12.4 Å². The SMILES string of the molecule is Cc1ccc(OC[C@@H]2C[C@H](F)[C@@H](O)O2)cc1. The molecule has 1 aliphatic rings. The third-order valence-corrected chi connectivity index (χ3v) is 2.59. The lowest BCUT2D eigenvalue weighted by Gasteiger charge is -2.11. The van der Waals surface area contributed by atoms with E-state index < -0.39 is 12.5 Å². The minimum absolute atomic E-state index is 0.188. The number of benzene rings is 1. The Morgan fingerprint density at radius 2 is 2.12 bits per heavy atom. The van der Waals surface area contributed by atoms with E-state index in [9.17, 15) is 4.39 Å². The first-order valence-corrected chi connectivity index (χ1v) is 5.32. The lowest BCUT2D eigenvalue weighted by atomic mass is 10.2. The zero-order valence-corrected chi connectivity index (χ0v) is 9.10. The van der Waals surface area contributed by atoms with Crippen molar-refractivity contribution in [3.05, 3.63) is 29.8 Å². The first-order chi connectivity index (χ1) is 7.65. The third-order valence-electron chi connectivity index (χ3n) is 2.59. The van der Waals surface area contributed by atoms with Crippen molar-refractivity contribution >= 4 is 0 Å². The molecule has 4 heteroatoms. The van der Waals surface area contributed by atoms with Crippen molar-refractivity contribution in [1.82, 2.24) is 0 Å². The normalized spacial score (nSPS) is 29.3. The van der Waals surface area contributed by atoms with Crippen molar-refractivity contribution in [1.29, 1.82) is 0 Å². The molecule has 88 valence electrons. The fourth-order valence-corrected chi connectivity index (χ4v) is 1.64. The number of halogens is 1. The number of hydrogen-bond donors (Lipinski definition) is 1. The van der Waals surface area contributed by atoms with Crippen molar-refractivity contribution in [2.75, 3.05) is 6.61 Å². The molecule has 1 aromatic rings. The van der Waals surface area contributed by atoms with E-state index in [1.807, 2.05) is 31.2 Å². The van der Waals surface area contributed by atoms with Gasteiger partial charge >= 0.3 is 0 Å². The molecule has 2 rings (SSSR count). The van der Waals surface area contributed by atoms with Gasteiger partial charge in [-0.3, -0.25) is 0 Å². The molecule has 3 nitrogen and oxygen atoms in total. The molecule has 0 saturated carbocycles. The smallest absolute Gasteiger partial charge is 0.186 e. The highest BCUT2D eigenvalue weighted by molar-refractivity contribution is 5.26. The van der Waals surface area contributed by atoms with Gasteiger partial charge in [0.2, 0.25) is 0 Å². The number of alkyl halides is 1. The summed E-state index contributed by atoms with van der Waals surface area (Å²) in [6.07, 6.45) is -2.78. The highest BCUT2D eigenvalue weighted by atomic mass is 19.1. The number of aryl methyl sites for hydroxylation is 1. The van der Waals surface area contributed by atoms with Crippen LogP contribution in [0.15, 0.2) is 24.3 Å². The largest absolute Gasteiger partial charge is 0.491 e. The van der Waals surface area contributed by atoms with Crippen molar-refractivity contribution < 1.29 is 19.0 Å². The fourth-order valence-electron chi connectivity index (χ4n) is 1.64. The molecule has 0 amide bonds. The van der Waals surface area contributed by atoms with Gasteiger partial charge in [0.15, 0.2) is 12.5 Å². The Balaban J connectivity index is 1.82. The van der Waals surface area contributed by atoms with E-state index in [-0.39, 0.29) is 19.1 Å². The Morgan fingerprint density at radius 3 is 2.69 bits per heavy atom. The Morgan fingerprint density at radius 1 is 1.44 bits per heavy atom. The average molecular weight is 226 g/mol. The molecule has 0 unspecified atom stereocenters. The lowest BCUT2D eigenvalue weighted by molar-refractivity contribution is -0.118. The second-order valence-corrected chi connectivity index (χ2v) is 4.02. The van der Waals surface area contributed by atoms with Crippen molar-refractivity contribution in [2.24, 2.45) is 0 Å². The first kappa shape index (κ1) is 11.4. The number of aliphatic hydroxyl groups excluding tert-OH is 1. The molecule has 1 saturated heterocycles. The summed E-state index contributed by atoms with van der Waals surface area (Å²) in [5.74, 6) is 0.728. The maximum absolute atomic E-state index is 12.9. The Hall–Kier alpha value is -1.13. The van der Waals surface area contributed by atoms with Gasteiger partial charge in [0, 0.05) is 6.42 Å². The van der Waals surface area contributed by atoms with E-state index in [0.29, 0.717) is 0 Å². The number of hydrogen-bond acceptors (Lipinski definition) is 3. The summed E-state index contributed by atoms with van der Waals surface area (Å²) in [5.41, 5.74) is 1.16. The molecule has 0 spiro atoms. The molecular weight excluding hydrogens is 211 g/mol. The molecule has 1 aromatic carbocycles. The van der Waals surface area contributed by atoms with Crippen molar-refractivity contribution in [3.8, 4) is 5.75 Å². The second-order valence-electron chi connectivity index (χ2n) is 4.02. The van der Waals surface area contributed by atoms with Gasteiger partial charge in [-0.2, -0.15) is 0 Å². The maximum Gasteiger partial charge on any atom is 0.186 e. The molecule has 1 aliphatic heterocycles. The summed E-state index contributed by atoms with van der Waals surface area (Å²) in [4.78, 5) is 0. The van der Waals surface area contributed by atoms with Gasteiger partial charge < -0.3 is 14.6 Å². The van der Waals surface area contributed by atoms with Crippen LogP contribution < -0.4 is 4.74 Å². The average Bonchev–Trinajstić information content (AvgIpc) is 2.58. The molecule has 16 heavy (non-hydrogen) atoms. The summed E-state index contributed by atoms with van der Waals surface area (Å²) >= 11 is 0. The van der Waals surface area contributed by atoms with Crippen LogP contribution in [-0.2, 0) is 4.74 Å². The Bertz CT molecular complexity index is 329. The number of aliphatic hydroxyl groups is 1. The van der Waals surface area contributed by atoms with Crippen LogP contribution in [-0.4, -0.2) is 30.3 Å². The Labute approximate surface area is 93.8 Å². The van der Waals surface area contributed by atoms with E-state index in [1.54, 1.807) is 0 Å². The molecule has 0 radical (unpaired) electrons. The van der Waals surface area contributed by atoms with Crippen LogP contribution in [0.1, 0.15) is 12.0 Å². The van der Waals surface area contributed by atoms with Gasteiger partial charge in [0.25, 0.3) is 0 Å². The monoisotopic (exact) mass is 226 g/mol. The summed E-state index contributed by atoms with van der Waals surface area (Å²) in [5, 5.41) is 9.05. The van der Waals surface area contributed by atoms with Crippen LogP contribution in [0, 0.1) is 6.92 Å². The van der Waals surface area contributed by atoms with Crippen molar-refractivity contribution in [3.63, 3.8) is 0 Å². The molecular formula is C12H15FO3. The van der Waals surface area contributed by atoms with E-state index in [1.165, 1.54) is 0 Å².